The van der Waals surface area contributed by atoms with E-state index in [0.717, 1.165) is 0 Å². The van der Waals surface area contributed by atoms with Crippen molar-refractivity contribution in [2.45, 2.75) is 6.43 Å². The summed E-state index contributed by atoms with van der Waals surface area (Å²) in [5.74, 6) is 0. The van der Waals surface area contributed by atoms with E-state index < -0.39 is 13.0 Å². The minimum atomic E-state index is -2.45. The molecule has 0 aliphatic carbocycles. The molecule has 1 aromatic carbocycles. The van der Waals surface area contributed by atoms with Crippen molar-refractivity contribution in [2.24, 2.45) is 0 Å². The largest absolute Gasteiger partial charge is 0.397 e. The van der Waals surface area contributed by atoms with Gasteiger partial charge in [-0.2, -0.15) is 0 Å². The van der Waals surface area contributed by atoms with Crippen LogP contribution in [0.15, 0.2) is 16.8 Å². The lowest BCUT2D eigenvalue weighted by Gasteiger charge is -2.07. The number of anilines is 2. The van der Waals surface area contributed by atoms with Gasteiger partial charge in [0.25, 0.3) is 6.43 Å². The van der Waals surface area contributed by atoms with Gasteiger partial charge in [0.2, 0.25) is 0 Å². The molecule has 98 valence electrons. The fourth-order valence-electron chi connectivity index (χ4n) is 1.46. The number of benzene rings is 1. The Bertz CT molecular complexity index is 518. The molecule has 0 saturated carbocycles. The number of hydrogen-bond donors (Lipinski definition) is 2. The van der Waals surface area contributed by atoms with Gasteiger partial charge in [-0.15, -0.1) is 0 Å². The number of halogens is 2. The average Bonchev–Trinajstić information content (AvgIpc) is 2.81. The zero-order valence-corrected chi connectivity index (χ0v) is 9.40. The summed E-state index contributed by atoms with van der Waals surface area (Å²) in [4.78, 5) is 0. The molecule has 8 heteroatoms. The number of nitrogens with two attached hydrogens (primary N) is 1. The Hall–Kier alpha value is -1.96. The maximum atomic E-state index is 11.8. The summed E-state index contributed by atoms with van der Waals surface area (Å²) in [6, 6.07) is 3.38. The molecule has 0 amide bonds. The van der Waals surface area contributed by atoms with Gasteiger partial charge in [0, 0.05) is 6.54 Å². The van der Waals surface area contributed by atoms with E-state index in [0.29, 0.717) is 29.0 Å². The number of hydrogen-bond acceptors (Lipinski definition) is 6. The molecule has 0 aliphatic heterocycles. The highest BCUT2D eigenvalue weighted by atomic mass is 19.3. The van der Waals surface area contributed by atoms with Crippen LogP contribution < -0.4 is 11.1 Å². The van der Waals surface area contributed by atoms with E-state index in [-0.39, 0.29) is 6.61 Å². The van der Waals surface area contributed by atoms with E-state index >= 15 is 0 Å². The number of nitrogen functional groups attached to an aromatic ring is 1. The molecule has 6 nitrogen and oxygen atoms in total. The van der Waals surface area contributed by atoms with Crippen molar-refractivity contribution < 1.29 is 18.1 Å². The van der Waals surface area contributed by atoms with Gasteiger partial charge in [-0.3, -0.25) is 0 Å². The Balaban J connectivity index is 1.92. The third kappa shape index (κ3) is 2.83. The third-order valence-corrected chi connectivity index (χ3v) is 2.25. The Morgan fingerprint density at radius 3 is 2.89 bits per heavy atom. The van der Waals surface area contributed by atoms with Crippen molar-refractivity contribution >= 4 is 22.4 Å². The van der Waals surface area contributed by atoms with E-state index in [9.17, 15) is 8.78 Å². The molecule has 0 unspecified atom stereocenters. The average molecular weight is 258 g/mol. The Morgan fingerprint density at radius 1 is 1.33 bits per heavy atom. The van der Waals surface area contributed by atoms with E-state index in [1.165, 1.54) is 0 Å². The van der Waals surface area contributed by atoms with Crippen molar-refractivity contribution in [1.29, 1.82) is 0 Å². The number of nitrogens with zero attached hydrogens (tertiary/aromatic N) is 2. The van der Waals surface area contributed by atoms with Crippen molar-refractivity contribution in [3.63, 3.8) is 0 Å². The second kappa shape index (κ2) is 5.58. The highest BCUT2D eigenvalue weighted by molar-refractivity contribution is 5.94. The van der Waals surface area contributed by atoms with E-state index in [1.54, 1.807) is 12.1 Å². The molecule has 0 spiro atoms. The van der Waals surface area contributed by atoms with Gasteiger partial charge in [-0.1, -0.05) is 0 Å². The topological polar surface area (TPSA) is 86.2 Å². The first kappa shape index (κ1) is 12.5. The van der Waals surface area contributed by atoms with Gasteiger partial charge in [-0.25, -0.2) is 13.4 Å². The summed E-state index contributed by atoms with van der Waals surface area (Å²) in [5.41, 5.74) is 7.78. The van der Waals surface area contributed by atoms with Gasteiger partial charge in [0.15, 0.2) is 11.0 Å². The SMILES string of the molecule is Nc1ccc(NCCOCC(F)F)c2nonc12. The monoisotopic (exact) mass is 258 g/mol. The lowest BCUT2D eigenvalue weighted by Crippen LogP contribution is -2.13. The maximum Gasteiger partial charge on any atom is 0.261 e. The first-order valence-corrected chi connectivity index (χ1v) is 5.29. The minimum Gasteiger partial charge on any atom is -0.397 e. The highest BCUT2D eigenvalue weighted by Crippen LogP contribution is 2.24. The Kier molecular flexibility index (Phi) is 3.88. The fraction of sp³-hybridized carbons (Fsp3) is 0.400. The molecule has 3 N–H and O–H groups in total. The van der Waals surface area contributed by atoms with E-state index in [2.05, 4.69) is 20.3 Å². The molecular weight excluding hydrogens is 246 g/mol. The standard InChI is InChI=1S/C10H12F2N4O2/c11-8(12)5-17-4-3-14-7-2-1-6(13)9-10(7)16-18-15-9/h1-2,8,14H,3-5,13H2. The zero-order valence-electron chi connectivity index (χ0n) is 9.40. The molecular formula is C10H12F2N4O2. The fourth-order valence-corrected chi connectivity index (χ4v) is 1.46. The van der Waals surface area contributed by atoms with Crippen LogP contribution in [0.5, 0.6) is 0 Å². The van der Waals surface area contributed by atoms with Gasteiger partial charge in [0.05, 0.1) is 18.0 Å². The minimum absolute atomic E-state index is 0.168. The quantitative estimate of drug-likeness (QED) is 0.603. The number of nitrogens with one attached hydrogen (secondary N) is 1. The Labute approximate surface area is 101 Å². The van der Waals surface area contributed by atoms with Crippen LogP contribution >= 0.6 is 0 Å². The molecule has 1 aromatic heterocycles. The van der Waals surface area contributed by atoms with Crippen molar-refractivity contribution in [2.75, 3.05) is 30.8 Å². The second-order valence-electron chi connectivity index (χ2n) is 3.56. The molecule has 0 fully saturated rings. The predicted molar refractivity (Wildman–Crippen MR) is 61.5 cm³/mol. The van der Waals surface area contributed by atoms with Crippen LogP contribution in [-0.4, -0.2) is 36.5 Å². The maximum absolute atomic E-state index is 11.8. The molecule has 18 heavy (non-hydrogen) atoms. The number of fused-ring (bicyclic) bond motifs is 1. The first-order valence-electron chi connectivity index (χ1n) is 5.29. The molecule has 0 bridgehead atoms. The summed E-state index contributed by atoms with van der Waals surface area (Å²) in [7, 11) is 0. The number of aromatic nitrogens is 2. The van der Waals surface area contributed by atoms with Crippen LogP contribution in [0.4, 0.5) is 20.2 Å². The summed E-state index contributed by atoms with van der Waals surface area (Å²) in [6.07, 6.45) is -2.45. The number of ether oxygens (including phenoxy) is 1. The van der Waals surface area contributed by atoms with Gasteiger partial charge >= 0.3 is 0 Å². The van der Waals surface area contributed by atoms with Crippen LogP contribution in [0.1, 0.15) is 0 Å². The van der Waals surface area contributed by atoms with Crippen LogP contribution in [0.2, 0.25) is 0 Å². The van der Waals surface area contributed by atoms with Crippen LogP contribution in [0.25, 0.3) is 11.0 Å². The van der Waals surface area contributed by atoms with Crippen LogP contribution in [0, 0.1) is 0 Å². The van der Waals surface area contributed by atoms with Gasteiger partial charge in [0.1, 0.15) is 6.61 Å². The molecule has 2 aromatic rings. The third-order valence-electron chi connectivity index (χ3n) is 2.25. The van der Waals surface area contributed by atoms with Crippen molar-refractivity contribution in [1.82, 2.24) is 10.3 Å². The predicted octanol–water partition coefficient (Wildman–Crippen LogP) is 1.50. The molecule has 0 radical (unpaired) electrons. The normalized spacial score (nSPS) is 11.3. The molecule has 0 atom stereocenters. The summed E-state index contributed by atoms with van der Waals surface area (Å²) in [6.45, 7) is -0.0234. The van der Waals surface area contributed by atoms with Gasteiger partial charge < -0.3 is 15.8 Å². The highest BCUT2D eigenvalue weighted by Gasteiger charge is 2.09. The molecule has 1 heterocycles. The molecule has 0 aliphatic rings. The van der Waals surface area contributed by atoms with Gasteiger partial charge in [-0.05, 0) is 22.4 Å². The lowest BCUT2D eigenvalue weighted by atomic mass is 10.2. The first-order chi connectivity index (χ1) is 8.68. The van der Waals surface area contributed by atoms with E-state index in [4.69, 9.17) is 10.5 Å². The van der Waals surface area contributed by atoms with Crippen LogP contribution in [-0.2, 0) is 4.74 Å². The van der Waals surface area contributed by atoms with Crippen molar-refractivity contribution in [3.05, 3.63) is 12.1 Å². The summed E-state index contributed by atoms with van der Waals surface area (Å²) >= 11 is 0. The summed E-state index contributed by atoms with van der Waals surface area (Å²) in [5, 5.41) is 10.4. The molecule has 0 saturated heterocycles. The smallest absolute Gasteiger partial charge is 0.261 e. The second-order valence-corrected chi connectivity index (χ2v) is 3.56. The van der Waals surface area contributed by atoms with Crippen LogP contribution in [0.3, 0.4) is 0 Å². The lowest BCUT2D eigenvalue weighted by molar-refractivity contribution is 0.0215. The zero-order chi connectivity index (χ0) is 13.0. The van der Waals surface area contributed by atoms with E-state index in [1.807, 2.05) is 0 Å². The number of rotatable bonds is 6. The molecule has 2 rings (SSSR count). The summed E-state index contributed by atoms with van der Waals surface area (Å²) < 4.78 is 32.9. The van der Waals surface area contributed by atoms with Crippen molar-refractivity contribution in [3.8, 4) is 0 Å². The number of alkyl halides is 2. The Morgan fingerprint density at radius 2 is 2.11 bits per heavy atom.